The highest BCUT2D eigenvalue weighted by atomic mass is 35.5. The first-order valence-corrected chi connectivity index (χ1v) is 6.93. The molecule has 1 aromatic carbocycles. The Morgan fingerprint density at radius 2 is 2.14 bits per heavy atom. The van der Waals surface area contributed by atoms with Gasteiger partial charge < -0.3 is 10.1 Å². The van der Waals surface area contributed by atoms with Gasteiger partial charge in [-0.1, -0.05) is 11.6 Å². The van der Waals surface area contributed by atoms with E-state index in [9.17, 15) is 4.79 Å². The molecular formula is C15H13ClN4O2. The third-order valence-electron chi connectivity index (χ3n) is 3.20. The topological polar surface area (TPSA) is 79.9 Å². The number of aromatic amines is 1. The van der Waals surface area contributed by atoms with Gasteiger partial charge in [0, 0.05) is 10.7 Å². The van der Waals surface area contributed by atoms with Crippen LogP contribution in [0.15, 0.2) is 30.3 Å². The summed E-state index contributed by atoms with van der Waals surface area (Å²) in [5.41, 5.74) is 1.82. The lowest BCUT2D eigenvalue weighted by Gasteiger charge is -2.08. The third-order valence-corrected chi connectivity index (χ3v) is 3.44. The summed E-state index contributed by atoms with van der Waals surface area (Å²) in [7, 11) is 1.50. The predicted octanol–water partition coefficient (Wildman–Crippen LogP) is 3.18. The standard InChI is InChI=1S/C15H13ClN4O2/c1-8-3-5-10-13(17-8)19-20-14(10)18-15(21)11-7-9(16)4-6-12(11)22-2/h3-7H,1-2H3,(H2,17,18,19,20,21). The number of nitrogens with zero attached hydrogens (tertiary/aromatic N) is 2. The smallest absolute Gasteiger partial charge is 0.260 e. The maximum atomic E-state index is 12.4. The molecule has 0 fully saturated rings. The van der Waals surface area contributed by atoms with Crippen LogP contribution in [0.2, 0.25) is 5.02 Å². The lowest BCUT2D eigenvalue weighted by molar-refractivity contribution is 0.102. The molecule has 2 aromatic heterocycles. The summed E-state index contributed by atoms with van der Waals surface area (Å²) >= 11 is 5.94. The first-order chi connectivity index (χ1) is 10.6. The van der Waals surface area contributed by atoms with Gasteiger partial charge in [-0.15, -0.1) is 0 Å². The monoisotopic (exact) mass is 316 g/mol. The minimum absolute atomic E-state index is 0.339. The molecule has 0 aliphatic carbocycles. The molecule has 6 nitrogen and oxygen atoms in total. The van der Waals surface area contributed by atoms with Crippen molar-refractivity contribution in [3.05, 3.63) is 46.6 Å². The summed E-state index contributed by atoms with van der Waals surface area (Å²) in [5.74, 6) is 0.499. The molecule has 112 valence electrons. The largest absolute Gasteiger partial charge is 0.496 e. The number of halogens is 1. The number of amides is 1. The van der Waals surface area contributed by atoms with Crippen molar-refractivity contribution in [2.45, 2.75) is 6.92 Å². The maximum absolute atomic E-state index is 12.4. The van der Waals surface area contributed by atoms with E-state index in [2.05, 4.69) is 20.5 Å². The van der Waals surface area contributed by atoms with E-state index < -0.39 is 0 Å². The highest BCUT2D eigenvalue weighted by Crippen LogP contribution is 2.25. The first-order valence-electron chi connectivity index (χ1n) is 6.55. The normalized spacial score (nSPS) is 10.7. The van der Waals surface area contributed by atoms with E-state index in [1.807, 2.05) is 19.1 Å². The number of aryl methyl sites for hydroxylation is 1. The summed E-state index contributed by atoms with van der Waals surface area (Å²) in [6, 6.07) is 8.56. The molecule has 0 aliphatic heterocycles. The molecule has 0 unspecified atom stereocenters. The number of ether oxygens (including phenoxy) is 1. The Kier molecular flexibility index (Phi) is 3.68. The minimum atomic E-state index is -0.353. The first kappa shape index (κ1) is 14.3. The van der Waals surface area contributed by atoms with Crippen LogP contribution in [0, 0.1) is 6.92 Å². The summed E-state index contributed by atoms with van der Waals surface area (Å²) in [6.07, 6.45) is 0. The second kappa shape index (κ2) is 5.65. The molecule has 2 heterocycles. The number of methoxy groups -OCH3 is 1. The SMILES string of the molecule is COc1ccc(Cl)cc1C(=O)Nc1n[nH]c2nc(C)ccc12. The summed E-state index contributed by atoms with van der Waals surface area (Å²) in [6.45, 7) is 1.88. The van der Waals surface area contributed by atoms with Gasteiger partial charge in [0.05, 0.1) is 18.1 Å². The molecule has 0 radical (unpaired) electrons. The van der Waals surface area contributed by atoms with E-state index in [-0.39, 0.29) is 5.91 Å². The number of rotatable bonds is 3. The zero-order valence-electron chi connectivity index (χ0n) is 12.0. The van der Waals surface area contributed by atoms with Crippen molar-refractivity contribution in [2.24, 2.45) is 0 Å². The predicted molar refractivity (Wildman–Crippen MR) is 84.6 cm³/mol. The van der Waals surface area contributed by atoms with Crippen LogP contribution in [-0.4, -0.2) is 28.2 Å². The number of pyridine rings is 1. The van der Waals surface area contributed by atoms with Crippen LogP contribution in [0.1, 0.15) is 16.1 Å². The zero-order valence-corrected chi connectivity index (χ0v) is 12.7. The van der Waals surface area contributed by atoms with E-state index in [4.69, 9.17) is 16.3 Å². The van der Waals surface area contributed by atoms with Crippen LogP contribution in [0.4, 0.5) is 5.82 Å². The molecule has 0 atom stereocenters. The summed E-state index contributed by atoms with van der Waals surface area (Å²) in [5, 5.41) is 10.8. The van der Waals surface area contributed by atoms with Crippen molar-refractivity contribution < 1.29 is 9.53 Å². The van der Waals surface area contributed by atoms with Gasteiger partial charge in [0.1, 0.15) is 5.75 Å². The second-order valence-corrected chi connectivity index (χ2v) is 5.16. The van der Waals surface area contributed by atoms with Crippen LogP contribution in [-0.2, 0) is 0 Å². The fraction of sp³-hybridized carbons (Fsp3) is 0.133. The van der Waals surface area contributed by atoms with Crippen LogP contribution in [0.3, 0.4) is 0 Å². The van der Waals surface area contributed by atoms with Gasteiger partial charge >= 0.3 is 0 Å². The number of nitrogens with one attached hydrogen (secondary N) is 2. The Hall–Kier alpha value is -2.60. The minimum Gasteiger partial charge on any atom is -0.496 e. The molecular weight excluding hydrogens is 304 g/mol. The van der Waals surface area contributed by atoms with Gasteiger partial charge in [0.25, 0.3) is 5.91 Å². The Labute approximate surface area is 131 Å². The molecule has 0 aliphatic rings. The van der Waals surface area contributed by atoms with Crippen LogP contribution >= 0.6 is 11.6 Å². The number of aromatic nitrogens is 3. The molecule has 0 bridgehead atoms. The van der Waals surface area contributed by atoms with Crippen molar-refractivity contribution in [3.63, 3.8) is 0 Å². The van der Waals surface area contributed by atoms with Gasteiger partial charge in [-0.05, 0) is 37.3 Å². The molecule has 7 heteroatoms. The van der Waals surface area contributed by atoms with Crippen molar-refractivity contribution >= 4 is 34.4 Å². The number of fused-ring (bicyclic) bond motifs is 1. The Bertz CT molecular complexity index is 860. The number of hydrogen-bond acceptors (Lipinski definition) is 4. The Balaban J connectivity index is 1.95. The molecule has 2 N–H and O–H groups in total. The van der Waals surface area contributed by atoms with Crippen molar-refractivity contribution in [3.8, 4) is 5.75 Å². The highest BCUT2D eigenvalue weighted by molar-refractivity contribution is 6.31. The van der Waals surface area contributed by atoms with Gasteiger partial charge in [-0.25, -0.2) is 4.98 Å². The van der Waals surface area contributed by atoms with Crippen LogP contribution < -0.4 is 10.1 Å². The average molecular weight is 317 g/mol. The third kappa shape index (κ3) is 2.60. The molecule has 22 heavy (non-hydrogen) atoms. The van der Waals surface area contributed by atoms with Gasteiger partial charge in [-0.2, -0.15) is 5.10 Å². The van der Waals surface area contributed by atoms with Gasteiger partial charge in [0.2, 0.25) is 0 Å². The van der Waals surface area contributed by atoms with Crippen molar-refractivity contribution in [2.75, 3.05) is 12.4 Å². The maximum Gasteiger partial charge on any atom is 0.260 e. The van der Waals surface area contributed by atoms with Gasteiger partial charge in [-0.3, -0.25) is 9.89 Å². The summed E-state index contributed by atoms with van der Waals surface area (Å²) < 4.78 is 5.18. The van der Waals surface area contributed by atoms with E-state index in [0.717, 1.165) is 11.1 Å². The van der Waals surface area contributed by atoms with Gasteiger partial charge in [0.15, 0.2) is 11.5 Å². The second-order valence-electron chi connectivity index (χ2n) is 4.72. The number of carbonyl (C=O) groups is 1. The van der Waals surface area contributed by atoms with Crippen LogP contribution in [0.5, 0.6) is 5.75 Å². The number of benzene rings is 1. The summed E-state index contributed by atoms with van der Waals surface area (Å²) in [4.78, 5) is 16.7. The lowest BCUT2D eigenvalue weighted by atomic mass is 10.2. The average Bonchev–Trinajstić information content (AvgIpc) is 2.89. The Morgan fingerprint density at radius 1 is 1.32 bits per heavy atom. The van der Waals surface area contributed by atoms with Crippen molar-refractivity contribution in [1.29, 1.82) is 0 Å². The number of carbonyl (C=O) groups excluding carboxylic acids is 1. The zero-order chi connectivity index (χ0) is 15.7. The Morgan fingerprint density at radius 3 is 2.91 bits per heavy atom. The highest BCUT2D eigenvalue weighted by Gasteiger charge is 2.16. The molecule has 0 saturated carbocycles. The van der Waals surface area contributed by atoms with Crippen LogP contribution in [0.25, 0.3) is 11.0 Å². The number of anilines is 1. The molecule has 0 spiro atoms. The van der Waals surface area contributed by atoms with E-state index in [1.54, 1.807) is 18.2 Å². The fourth-order valence-corrected chi connectivity index (χ4v) is 2.30. The van der Waals surface area contributed by atoms with E-state index in [0.29, 0.717) is 27.8 Å². The fourth-order valence-electron chi connectivity index (χ4n) is 2.13. The molecule has 3 aromatic rings. The van der Waals surface area contributed by atoms with E-state index in [1.165, 1.54) is 7.11 Å². The van der Waals surface area contributed by atoms with Crippen molar-refractivity contribution in [1.82, 2.24) is 15.2 Å². The molecule has 3 rings (SSSR count). The molecule has 0 saturated heterocycles. The number of H-pyrrole nitrogens is 1. The lowest BCUT2D eigenvalue weighted by Crippen LogP contribution is -2.13. The quantitative estimate of drug-likeness (QED) is 0.777. The molecule has 1 amide bonds. The van der Waals surface area contributed by atoms with E-state index >= 15 is 0 Å². The number of hydrogen-bond donors (Lipinski definition) is 2.